The first kappa shape index (κ1) is 18.9. The Balaban J connectivity index is 1.47. The van der Waals surface area contributed by atoms with Gasteiger partial charge < -0.3 is 9.13 Å². The van der Waals surface area contributed by atoms with E-state index in [1.807, 2.05) is 17.1 Å². The summed E-state index contributed by atoms with van der Waals surface area (Å²) in [7, 11) is 2.08. The Bertz CT molecular complexity index is 921. The molecule has 4 heterocycles. The average molecular weight is 383 g/mol. The van der Waals surface area contributed by atoms with Crippen molar-refractivity contribution < 1.29 is 0 Å². The van der Waals surface area contributed by atoms with Crippen LogP contribution in [0.2, 0.25) is 0 Å². The van der Waals surface area contributed by atoms with Gasteiger partial charge in [0.2, 0.25) is 0 Å². The van der Waals surface area contributed by atoms with E-state index in [4.69, 9.17) is 0 Å². The van der Waals surface area contributed by atoms with Gasteiger partial charge in [-0.1, -0.05) is 0 Å². The molecule has 0 spiro atoms. The molecule has 1 aliphatic rings. The van der Waals surface area contributed by atoms with Crippen molar-refractivity contribution in [3.8, 4) is 0 Å². The van der Waals surface area contributed by atoms with Crippen LogP contribution >= 0.6 is 0 Å². The van der Waals surface area contributed by atoms with Crippen molar-refractivity contribution in [2.24, 2.45) is 7.05 Å². The summed E-state index contributed by atoms with van der Waals surface area (Å²) in [5.41, 5.74) is 3.83. The fourth-order valence-electron chi connectivity index (χ4n) is 4.32. The predicted octanol–water partition coefficient (Wildman–Crippen LogP) is 2.27. The summed E-state index contributed by atoms with van der Waals surface area (Å²) >= 11 is 0. The largest absolute Gasteiger partial charge is 0.330 e. The van der Waals surface area contributed by atoms with E-state index in [-0.39, 0.29) is 0 Å². The quantitative estimate of drug-likeness (QED) is 0.654. The van der Waals surface area contributed by atoms with Gasteiger partial charge in [-0.2, -0.15) is 5.10 Å². The summed E-state index contributed by atoms with van der Waals surface area (Å²) in [6, 6.07) is 0. The number of aryl methyl sites for hydroxylation is 2. The molecule has 3 aromatic rings. The molecule has 1 fully saturated rings. The Morgan fingerprint density at radius 1 is 1.18 bits per heavy atom. The Morgan fingerprint density at radius 3 is 2.75 bits per heavy atom. The van der Waals surface area contributed by atoms with E-state index in [1.165, 1.54) is 24.1 Å². The number of rotatable bonds is 6. The smallest absolute Gasteiger partial charge is 0.152 e. The fourth-order valence-corrected chi connectivity index (χ4v) is 4.32. The van der Waals surface area contributed by atoms with E-state index < -0.39 is 0 Å². The SMILES string of the molecule is CCn1nc(C)c(CN2CCC[C@H](c3nnc(Cn4ccnc4)n3C)C2)c1C. The highest BCUT2D eigenvalue weighted by atomic mass is 15.3. The molecule has 0 bridgehead atoms. The average Bonchev–Trinajstić information content (AvgIpc) is 3.40. The number of likely N-dealkylation sites (tertiary alicyclic amines) is 1. The molecule has 0 amide bonds. The van der Waals surface area contributed by atoms with Crippen molar-refractivity contribution in [3.63, 3.8) is 0 Å². The number of imidazole rings is 1. The van der Waals surface area contributed by atoms with Crippen LogP contribution in [0.25, 0.3) is 0 Å². The van der Waals surface area contributed by atoms with Crippen molar-refractivity contribution in [2.45, 2.75) is 59.2 Å². The Labute approximate surface area is 166 Å². The second kappa shape index (κ2) is 7.87. The van der Waals surface area contributed by atoms with Gasteiger partial charge in [0.1, 0.15) is 5.82 Å². The van der Waals surface area contributed by atoms with Crippen LogP contribution in [0.5, 0.6) is 0 Å². The normalized spacial score (nSPS) is 18.1. The molecule has 0 aromatic carbocycles. The van der Waals surface area contributed by atoms with E-state index in [0.717, 1.165) is 43.5 Å². The van der Waals surface area contributed by atoms with Crippen molar-refractivity contribution in [1.29, 1.82) is 0 Å². The molecule has 8 nitrogen and oxygen atoms in total. The topological polar surface area (TPSA) is 69.6 Å². The molecule has 3 aromatic heterocycles. The maximum atomic E-state index is 4.68. The van der Waals surface area contributed by atoms with Gasteiger partial charge >= 0.3 is 0 Å². The molecule has 150 valence electrons. The van der Waals surface area contributed by atoms with Crippen LogP contribution in [0, 0.1) is 13.8 Å². The van der Waals surface area contributed by atoms with Gasteiger partial charge in [-0.25, -0.2) is 4.98 Å². The first-order chi connectivity index (χ1) is 13.6. The van der Waals surface area contributed by atoms with Crippen LogP contribution in [0.1, 0.15) is 54.3 Å². The van der Waals surface area contributed by atoms with Gasteiger partial charge in [0.15, 0.2) is 5.82 Å². The van der Waals surface area contributed by atoms with Gasteiger partial charge in [0.25, 0.3) is 0 Å². The second-order valence-electron chi connectivity index (χ2n) is 7.81. The summed E-state index contributed by atoms with van der Waals surface area (Å²) in [5.74, 6) is 2.49. The zero-order chi connectivity index (χ0) is 19.7. The third-order valence-electron chi connectivity index (χ3n) is 5.97. The van der Waals surface area contributed by atoms with Gasteiger partial charge in [-0.15, -0.1) is 10.2 Å². The Kier molecular flexibility index (Phi) is 5.30. The first-order valence-electron chi connectivity index (χ1n) is 10.2. The summed E-state index contributed by atoms with van der Waals surface area (Å²) in [4.78, 5) is 6.66. The molecule has 0 saturated carbocycles. The minimum atomic E-state index is 0.421. The predicted molar refractivity (Wildman–Crippen MR) is 107 cm³/mol. The number of nitrogens with zero attached hydrogens (tertiary/aromatic N) is 8. The minimum absolute atomic E-state index is 0.421. The maximum Gasteiger partial charge on any atom is 0.152 e. The molecular weight excluding hydrogens is 352 g/mol. The van der Waals surface area contributed by atoms with Gasteiger partial charge in [0, 0.05) is 56.3 Å². The number of aromatic nitrogens is 7. The Morgan fingerprint density at radius 2 is 2.04 bits per heavy atom. The molecule has 1 aliphatic heterocycles. The third kappa shape index (κ3) is 3.61. The highest BCUT2D eigenvalue weighted by Crippen LogP contribution is 2.28. The van der Waals surface area contributed by atoms with Crippen molar-refractivity contribution in [3.05, 3.63) is 47.3 Å². The molecule has 0 unspecified atom stereocenters. The van der Waals surface area contributed by atoms with Crippen LogP contribution in [-0.2, 0) is 26.7 Å². The van der Waals surface area contributed by atoms with Gasteiger partial charge in [0.05, 0.1) is 18.6 Å². The monoisotopic (exact) mass is 382 g/mol. The lowest BCUT2D eigenvalue weighted by Gasteiger charge is -2.32. The second-order valence-corrected chi connectivity index (χ2v) is 7.81. The molecule has 0 radical (unpaired) electrons. The molecule has 8 heteroatoms. The Hall–Kier alpha value is -2.48. The minimum Gasteiger partial charge on any atom is -0.330 e. The number of hydrogen-bond donors (Lipinski definition) is 0. The third-order valence-corrected chi connectivity index (χ3v) is 5.97. The van der Waals surface area contributed by atoms with E-state index in [2.05, 4.69) is 62.2 Å². The van der Waals surface area contributed by atoms with Gasteiger partial charge in [-0.3, -0.25) is 9.58 Å². The molecular formula is C20H30N8. The van der Waals surface area contributed by atoms with Crippen LogP contribution in [0.15, 0.2) is 18.7 Å². The van der Waals surface area contributed by atoms with Crippen LogP contribution < -0.4 is 0 Å². The molecule has 4 rings (SSSR count). The number of piperidine rings is 1. The standard InChI is InChI=1S/C20H30N8/c1-5-28-16(3)18(15(2)24-28)12-26-9-6-7-17(11-26)20-23-22-19(25(20)4)13-27-10-8-21-14-27/h8,10,14,17H,5-7,9,11-13H2,1-4H3/t17-/m0/s1. The summed E-state index contributed by atoms with van der Waals surface area (Å²) < 4.78 is 6.30. The van der Waals surface area contributed by atoms with E-state index in [9.17, 15) is 0 Å². The van der Waals surface area contributed by atoms with Crippen molar-refractivity contribution >= 4 is 0 Å². The molecule has 0 N–H and O–H groups in total. The van der Waals surface area contributed by atoms with Crippen LogP contribution in [0.3, 0.4) is 0 Å². The summed E-state index contributed by atoms with van der Waals surface area (Å²) in [6.07, 6.45) is 7.92. The lowest BCUT2D eigenvalue weighted by Crippen LogP contribution is -2.35. The van der Waals surface area contributed by atoms with Crippen molar-refractivity contribution in [2.75, 3.05) is 13.1 Å². The highest BCUT2D eigenvalue weighted by Gasteiger charge is 2.27. The lowest BCUT2D eigenvalue weighted by atomic mass is 9.96. The van der Waals surface area contributed by atoms with Crippen LogP contribution in [-0.4, -0.2) is 52.1 Å². The zero-order valence-electron chi connectivity index (χ0n) is 17.3. The van der Waals surface area contributed by atoms with E-state index >= 15 is 0 Å². The molecule has 28 heavy (non-hydrogen) atoms. The zero-order valence-corrected chi connectivity index (χ0v) is 17.3. The lowest BCUT2D eigenvalue weighted by molar-refractivity contribution is 0.194. The van der Waals surface area contributed by atoms with E-state index in [1.54, 1.807) is 6.20 Å². The first-order valence-corrected chi connectivity index (χ1v) is 10.2. The molecule has 0 aliphatic carbocycles. The fraction of sp³-hybridized carbons (Fsp3) is 0.600. The van der Waals surface area contributed by atoms with Gasteiger partial charge in [-0.05, 0) is 40.2 Å². The van der Waals surface area contributed by atoms with Crippen LogP contribution in [0.4, 0.5) is 0 Å². The molecule has 1 saturated heterocycles. The van der Waals surface area contributed by atoms with Crippen molar-refractivity contribution in [1.82, 2.24) is 39.0 Å². The van der Waals surface area contributed by atoms with E-state index in [0.29, 0.717) is 12.5 Å². The maximum absolute atomic E-state index is 4.68. The summed E-state index contributed by atoms with van der Waals surface area (Å²) in [6.45, 7) is 11.2. The highest BCUT2D eigenvalue weighted by molar-refractivity contribution is 5.24. The summed E-state index contributed by atoms with van der Waals surface area (Å²) in [5, 5.41) is 13.7. The number of hydrogen-bond acceptors (Lipinski definition) is 5. The molecule has 1 atom stereocenters.